The number of hydrogen-bond donors (Lipinski definition) is 0. The van der Waals surface area contributed by atoms with Crippen molar-refractivity contribution in [3.63, 3.8) is 0 Å². The lowest BCUT2D eigenvalue weighted by Crippen LogP contribution is -2.19. The van der Waals surface area contributed by atoms with Gasteiger partial charge in [-0.1, -0.05) is 6.07 Å². The van der Waals surface area contributed by atoms with Gasteiger partial charge in [-0.25, -0.2) is 9.97 Å². The Labute approximate surface area is 112 Å². The molecule has 94 valence electrons. The minimum atomic E-state index is 0.434. The maximum atomic E-state index is 5.70. The SMILES string of the molecule is Cc1cccc(CN(C)c2ncc(CCl)cn2)n1. The lowest BCUT2D eigenvalue weighted by Gasteiger charge is -2.16. The lowest BCUT2D eigenvalue weighted by molar-refractivity contribution is 0.833. The number of halogens is 1. The first-order valence-electron chi connectivity index (χ1n) is 5.69. The summed E-state index contributed by atoms with van der Waals surface area (Å²) in [5.41, 5.74) is 2.93. The van der Waals surface area contributed by atoms with Crippen LogP contribution in [0.3, 0.4) is 0 Å². The van der Waals surface area contributed by atoms with Crippen LogP contribution in [0.4, 0.5) is 5.95 Å². The molecule has 0 saturated carbocycles. The molecule has 2 heterocycles. The van der Waals surface area contributed by atoms with Gasteiger partial charge in [0.1, 0.15) is 0 Å². The quantitative estimate of drug-likeness (QED) is 0.794. The molecule has 0 aliphatic heterocycles. The van der Waals surface area contributed by atoms with Crippen LogP contribution in [0.15, 0.2) is 30.6 Å². The van der Waals surface area contributed by atoms with Gasteiger partial charge in [-0.15, -0.1) is 11.6 Å². The van der Waals surface area contributed by atoms with Crippen molar-refractivity contribution in [2.24, 2.45) is 0 Å². The molecule has 0 aromatic carbocycles. The van der Waals surface area contributed by atoms with Crippen molar-refractivity contribution in [3.05, 3.63) is 47.5 Å². The van der Waals surface area contributed by atoms with E-state index in [2.05, 4.69) is 15.0 Å². The molecule has 18 heavy (non-hydrogen) atoms. The van der Waals surface area contributed by atoms with Gasteiger partial charge in [0.05, 0.1) is 18.1 Å². The van der Waals surface area contributed by atoms with Gasteiger partial charge in [0.15, 0.2) is 0 Å². The summed E-state index contributed by atoms with van der Waals surface area (Å²) in [5.74, 6) is 1.11. The van der Waals surface area contributed by atoms with Gasteiger partial charge in [-0.05, 0) is 19.1 Å². The van der Waals surface area contributed by atoms with Crippen LogP contribution in [0.5, 0.6) is 0 Å². The molecule has 2 rings (SSSR count). The molecule has 0 saturated heterocycles. The van der Waals surface area contributed by atoms with E-state index in [1.807, 2.05) is 37.1 Å². The zero-order chi connectivity index (χ0) is 13.0. The first kappa shape index (κ1) is 12.8. The predicted molar refractivity (Wildman–Crippen MR) is 72.7 cm³/mol. The van der Waals surface area contributed by atoms with Gasteiger partial charge in [0.25, 0.3) is 0 Å². The summed E-state index contributed by atoms with van der Waals surface area (Å²) in [6.45, 7) is 2.66. The van der Waals surface area contributed by atoms with Gasteiger partial charge >= 0.3 is 0 Å². The number of aromatic nitrogens is 3. The molecule has 0 radical (unpaired) electrons. The molecule has 0 unspecified atom stereocenters. The van der Waals surface area contributed by atoms with Crippen molar-refractivity contribution >= 4 is 17.5 Å². The fraction of sp³-hybridized carbons (Fsp3) is 0.308. The largest absolute Gasteiger partial charge is 0.338 e. The Balaban J connectivity index is 2.09. The summed E-state index contributed by atoms with van der Waals surface area (Å²) < 4.78 is 0. The molecule has 0 atom stereocenters. The lowest BCUT2D eigenvalue weighted by atomic mass is 10.3. The maximum absolute atomic E-state index is 5.70. The van der Waals surface area contributed by atoms with E-state index in [0.29, 0.717) is 18.4 Å². The number of anilines is 1. The van der Waals surface area contributed by atoms with Crippen LogP contribution in [0.2, 0.25) is 0 Å². The van der Waals surface area contributed by atoms with Crippen molar-refractivity contribution in [2.45, 2.75) is 19.3 Å². The summed E-state index contributed by atoms with van der Waals surface area (Å²) in [4.78, 5) is 15.0. The molecular formula is C13H15ClN4. The van der Waals surface area contributed by atoms with E-state index < -0.39 is 0 Å². The minimum absolute atomic E-state index is 0.434. The van der Waals surface area contributed by atoms with Crippen LogP contribution >= 0.6 is 11.6 Å². The van der Waals surface area contributed by atoms with Gasteiger partial charge in [-0.2, -0.15) is 0 Å². The van der Waals surface area contributed by atoms with E-state index in [-0.39, 0.29) is 0 Å². The second-order valence-electron chi connectivity index (χ2n) is 4.15. The topological polar surface area (TPSA) is 41.9 Å². The molecular weight excluding hydrogens is 248 g/mol. The molecule has 4 nitrogen and oxygen atoms in total. The van der Waals surface area contributed by atoms with E-state index in [1.165, 1.54) is 0 Å². The third kappa shape index (κ3) is 3.17. The maximum Gasteiger partial charge on any atom is 0.225 e. The smallest absolute Gasteiger partial charge is 0.225 e. The Bertz CT molecular complexity index is 513. The molecule has 0 aliphatic rings. The third-order valence-electron chi connectivity index (χ3n) is 2.53. The van der Waals surface area contributed by atoms with E-state index in [0.717, 1.165) is 17.0 Å². The van der Waals surface area contributed by atoms with Crippen LogP contribution in [-0.2, 0) is 12.4 Å². The summed E-state index contributed by atoms with van der Waals surface area (Å²) in [6, 6.07) is 5.98. The molecule has 0 fully saturated rings. The van der Waals surface area contributed by atoms with E-state index in [9.17, 15) is 0 Å². The average Bonchev–Trinajstić information content (AvgIpc) is 2.39. The van der Waals surface area contributed by atoms with Gasteiger partial charge in [0, 0.05) is 30.7 Å². The molecule has 5 heteroatoms. The second-order valence-corrected chi connectivity index (χ2v) is 4.42. The third-order valence-corrected chi connectivity index (χ3v) is 2.84. The normalized spacial score (nSPS) is 10.4. The molecule has 0 amide bonds. The minimum Gasteiger partial charge on any atom is -0.338 e. The van der Waals surface area contributed by atoms with Crippen LogP contribution in [0, 0.1) is 6.92 Å². The first-order chi connectivity index (χ1) is 8.69. The van der Waals surface area contributed by atoms with Crippen molar-refractivity contribution in [1.82, 2.24) is 15.0 Å². The molecule has 2 aromatic heterocycles. The van der Waals surface area contributed by atoms with Crippen LogP contribution in [-0.4, -0.2) is 22.0 Å². The zero-order valence-electron chi connectivity index (χ0n) is 10.5. The molecule has 0 bridgehead atoms. The number of hydrogen-bond acceptors (Lipinski definition) is 4. The van der Waals surface area contributed by atoms with Crippen molar-refractivity contribution in [2.75, 3.05) is 11.9 Å². The molecule has 0 aliphatic carbocycles. The zero-order valence-corrected chi connectivity index (χ0v) is 11.2. The van der Waals surface area contributed by atoms with Crippen LogP contribution < -0.4 is 4.90 Å². The van der Waals surface area contributed by atoms with Crippen molar-refractivity contribution in [1.29, 1.82) is 0 Å². The van der Waals surface area contributed by atoms with Gasteiger partial charge < -0.3 is 4.90 Å². The Morgan fingerprint density at radius 1 is 1.22 bits per heavy atom. The molecule has 0 spiro atoms. The van der Waals surface area contributed by atoms with Crippen molar-refractivity contribution in [3.8, 4) is 0 Å². The number of pyridine rings is 1. The summed E-state index contributed by atoms with van der Waals surface area (Å²) in [5, 5.41) is 0. The second kappa shape index (κ2) is 5.78. The van der Waals surface area contributed by atoms with E-state index in [4.69, 9.17) is 11.6 Å². The van der Waals surface area contributed by atoms with E-state index >= 15 is 0 Å². The van der Waals surface area contributed by atoms with Crippen LogP contribution in [0.25, 0.3) is 0 Å². The number of nitrogens with zero attached hydrogens (tertiary/aromatic N) is 4. The highest BCUT2D eigenvalue weighted by Crippen LogP contribution is 2.10. The highest BCUT2D eigenvalue weighted by Gasteiger charge is 2.06. The average molecular weight is 263 g/mol. The number of alkyl halides is 1. The number of aryl methyl sites for hydroxylation is 1. The Kier molecular flexibility index (Phi) is 4.10. The predicted octanol–water partition coefficient (Wildman–Crippen LogP) is 2.56. The fourth-order valence-electron chi connectivity index (χ4n) is 1.62. The number of rotatable bonds is 4. The highest BCUT2D eigenvalue weighted by atomic mass is 35.5. The summed E-state index contributed by atoms with van der Waals surface area (Å²) >= 11 is 5.70. The summed E-state index contributed by atoms with van der Waals surface area (Å²) in [7, 11) is 1.94. The highest BCUT2D eigenvalue weighted by molar-refractivity contribution is 6.17. The Hall–Kier alpha value is -1.68. The van der Waals surface area contributed by atoms with Crippen LogP contribution in [0.1, 0.15) is 17.0 Å². The van der Waals surface area contributed by atoms with Gasteiger partial charge in [-0.3, -0.25) is 4.98 Å². The molecule has 0 N–H and O–H groups in total. The van der Waals surface area contributed by atoms with E-state index in [1.54, 1.807) is 12.4 Å². The fourth-order valence-corrected chi connectivity index (χ4v) is 1.75. The Morgan fingerprint density at radius 3 is 2.56 bits per heavy atom. The van der Waals surface area contributed by atoms with Gasteiger partial charge in [0.2, 0.25) is 5.95 Å². The standard InChI is InChI=1S/C13H15ClN4/c1-10-4-3-5-12(17-10)9-18(2)13-15-7-11(6-14)8-16-13/h3-5,7-8H,6,9H2,1-2H3. The molecule has 2 aromatic rings. The summed E-state index contributed by atoms with van der Waals surface area (Å²) in [6.07, 6.45) is 3.49. The van der Waals surface area contributed by atoms with Crippen molar-refractivity contribution < 1.29 is 0 Å². The first-order valence-corrected chi connectivity index (χ1v) is 6.23. The Morgan fingerprint density at radius 2 is 1.94 bits per heavy atom. The monoisotopic (exact) mass is 262 g/mol.